The van der Waals surface area contributed by atoms with Crippen LogP contribution in [-0.2, 0) is 6.42 Å². The molecule has 0 fully saturated rings. The largest absolute Gasteiger partial charge is 0.378 e. The first kappa shape index (κ1) is 13.8. The third-order valence-corrected chi connectivity index (χ3v) is 3.97. The van der Waals surface area contributed by atoms with E-state index >= 15 is 0 Å². The normalized spacial score (nSPS) is 16.6. The van der Waals surface area contributed by atoms with Crippen molar-refractivity contribution in [1.82, 2.24) is 0 Å². The Kier molecular flexibility index (Phi) is 3.51. The molecule has 4 nitrogen and oxygen atoms in total. The number of fused-ring (bicyclic) bond motifs is 1. The number of nitro benzene ring substituents is 1. The fraction of sp³-hybridized carbons (Fsp3) is 0.200. The second-order valence-corrected chi connectivity index (χ2v) is 5.41. The monoisotopic (exact) mass is 306 g/mol. The number of nitrogens with zero attached hydrogens (tertiary/aromatic N) is 1. The molecule has 0 radical (unpaired) electrons. The lowest BCUT2D eigenvalue weighted by Gasteiger charge is -2.15. The number of anilines is 1. The highest BCUT2D eigenvalue weighted by Gasteiger charge is 2.23. The molecule has 0 saturated carbocycles. The van der Waals surface area contributed by atoms with Gasteiger partial charge < -0.3 is 5.32 Å². The Bertz CT molecular complexity index is 721. The lowest BCUT2D eigenvalue weighted by molar-refractivity contribution is -0.384. The van der Waals surface area contributed by atoms with Gasteiger partial charge in [-0.15, -0.1) is 0 Å². The van der Waals surface area contributed by atoms with Crippen molar-refractivity contribution in [2.24, 2.45) is 0 Å². The average Bonchev–Trinajstić information content (AvgIpc) is 2.80. The molecule has 3 rings (SSSR count). The van der Waals surface area contributed by atoms with Crippen LogP contribution in [0.2, 0.25) is 5.02 Å². The molecule has 2 aromatic carbocycles. The number of aryl methyl sites for hydroxylation is 1. The van der Waals surface area contributed by atoms with Crippen LogP contribution in [-0.4, -0.2) is 4.92 Å². The van der Waals surface area contributed by atoms with Gasteiger partial charge in [-0.1, -0.05) is 17.7 Å². The molecule has 0 heterocycles. The quantitative estimate of drug-likeness (QED) is 0.671. The molecule has 108 valence electrons. The lowest BCUT2D eigenvalue weighted by atomic mass is 10.1. The van der Waals surface area contributed by atoms with Crippen LogP contribution in [0.1, 0.15) is 23.6 Å². The molecule has 1 aliphatic rings. The van der Waals surface area contributed by atoms with E-state index < -0.39 is 4.92 Å². The van der Waals surface area contributed by atoms with Crippen LogP contribution in [0.3, 0.4) is 0 Å². The van der Waals surface area contributed by atoms with Gasteiger partial charge in [0.05, 0.1) is 11.0 Å². The van der Waals surface area contributed by atoms with Gasteiger partial charge in [-0.25, -0.2) is 4.39 Å². The summed E-state index contributed by atoms with van der Waals surface area (Å²) in [7, 11) is 0. The van der Waals surface area contributed by atoms with Gasteiger partial charge in [0.15, 0.2) is 0 Å². The Hall–Kier alpha value is -2.14. The van der Waals surface area contributed by atoms with Crippen LogP contribution in [0.4, 0.5) is 15.8 Å². The molecule has 0 aromatic heterocycles. The average molecular weight is 307 g/mol. The van der Waals surface area contributed by atoms with Crippen molar-refractivity contribution in [1.29, 1.82) is 0 Å². The van der Waals surface area contributed by atoms with Gasteiger partial charge in [0.2, 0.25) is 0 Å². The predicted octanol–water partition coefficient (Wildman–Crippen LogP) is 4.49. The van der Waals surface area contributed by atoms with Crippen LogP contribution in [0, 0.1) is 15.9 Å². The number of benzene rings is 2. The van der Waals surface area contributed by atoms with Gasteiger partial charge in [-0.2, -0.15) is 0 Å². The van der Waals surface area contributed by atoms with E-state index in [-0.39, 0.29) is 22.6 Å². The molecule has 1 aliphatic carbocycles. The van der Waals surface area contributed by atoms with E-state index in [0.29, 0.717) is 5.69 Å². The van der Waals surface area contributed by atoms with Crippen molar-refractivity contribution < 1.29 is 9.31 Å². The maximum atomic E-state index is 13.2. The third kappa shape index (κ3) is 2.69. The van der Waals surface area contributed by atoms with E-state index in [2.05, 4.69) is 5.32 Å². The molecular weight excluding hydrogens is 295 g/mol. The molecule has 21 heavy (non-hydrogen) atoms. The summed E-state index contributed by atoms with van der Waals surface area (Å²) in [6.45, 7) is 0. The Morgan fingerprint density at radius 3 is 2.81 bits per heavy atom. The summed E-state index contributed by atoms with van der Waals surface area (Å²) in [5, 5.41) is 14.1. The second-order valence-electron chi connectivity index (χ2n) is 5.00. The number of nitro groups is 1. The SMILES string of the molecule is O=[N+]([O-])c1ccc(NC2CCc3cc(F)ccc32)cc1Cl. The van der Waals surface area contributed by atoms with Gasteiger partial charge in [-0.05, 0) is 48.2 Å². The molecule has 6 heteroatoms. The van der Waals surface area contributed by atoms with Crippen molar-refractivity contribution in [2.45, 2.75) is 18.9 Å². The van der Waals surface area contributed by atoms with Crippen LogP contribution in [0.25, 0.3) is 0 Å². The Labute approximate surface area is 125 Å². The minimum absolute atomic E-state index is 0.0677. The number of rotatable bonds is 3. The van der Waals surface area contributed by atoms with Crippen molar-refractivity contribution in [3.8, 4) is 0 Å². The summed E-state index contributed by atoms with van der Waals surface area (Å²) in [6.07, 6.45) is 1.67. The first-order valence-electron chi connectivity index (χ1n) is 6.53. The maximum absolute atomic E-state index is 13.2. The summed E-state index contributed by atoms with van der Waals surface area (Å²) in [4.78, 5) is 10.2. The Balaban J connectivity index is 1.83. The summed E-state index contributed by atoms with van der Waals surface area (Å²) in [5.74, 6) is -0.229. The van der Waals surface area contributed by atoms with Crippen molar-refractivity contribution in [2.75, 3.05) is 5.32 Å². The molecule has 0 bridgehead atoms. The second kappa shape index (κ2) is 5.33. The summed E-state index contributed by atoms with van der Waals surface area (Å²) in [5.41, 5.74) is 2.66. The summed E-state index contributed by atoms with van der Waals surface area (Å²) < 4.78 is 13.2. The summed E-state index contributed by atoms with van der Waals surface area (Å²) in [6, 6.07) is 9.40. The highest BCUT2D eigenvalue weighted by atomic mass is 35.5. The first-order valence-corrected chi connectivity index (χ1v) is 6.91. The van der Waals surface area contributed by atoms with Gasteiger partial charge in [0.1, 0.15) is 10.8 Å². The van der Waals surface area contributed by atoms with Crippen LogP contribution < -0.4 is 5.32 Å². The molecule has 0 spiro atoms. The minimum atomic E-state index is -0.514. The van der Waals surface area contributed by atoms with E-state index in [9.17, 15) is 14.5 Å². The number of hydrogen-bond acceptors (Lipinski definition) is 3. The van der Waals surface area contributed by atoms with Crippen LogP contribution in [0.15, 0.2) is 36.4 Å². The minimum Gasteiger partial charge on any atom is -0.378 e. The van der Waals surface area contributed by atoms with Gasteiger partial charge in [-0.3, -0.25) is 10.1 Å². The van der Waals surface area contributed by atoms with Crippen molar-refractivity contribution in [3.63, 3.8) is 0 Å². The number of nitrogens with one attached hydrogen (secondary N) is 1. The molecule has 0 amide bonds. The van der Waals surface area contributed by atoms with Crippen molar-refractivity contribution >= 4 is 23.0 Å². The van der Waals surface area contributed by atoms with E-state index in [1.54, 1.807) is 24.3 Å². The third-order valence-electron chi connectivity index (χ3n) is 3.67. The van der Waals surface area contributed by atoms with Gasteiger partial charge >= 0.3 is 0 Å². The first-order chi connectivity index (χ1) is 10.0. The molecule has 2 aromatic rings. The zero-order valence-electron chi connectivity index (χ0n) is 11.0. The molecule has 0 aliphatic heterocycles. The maximum Gasteiger partial charge on any atom is 0.288 e. The van der Waals surface area contributed by atoms with Crippen LogP contribution in [0.5, 0.6) is 0 Å². The standard InChI is InChI=1S/C15H12ClFN2O2/c16-13-8-11(3-6-15(13)19(20)21)18-14-5-1-9-7-10(17)2-4-12(9)14/h2-4,6-8,14,18H,1,5H2. The topological polar surface area (TPSA) is 55.2 Å². The Morgan fingerprint density at radius 2 is 2.10 bits per heavy atom. The Morgan fingerprint density at radius 1 is 1.29 bits per heavy atom. The van der Waals surface area contributed by atoms with Gasteiger partial charge in [0.25, 0.3) is 5.69 Å². The van der Waals surface area contributed by atoms with E-state index in [1.165, 1.54) is 12.1 Å². The zero-order valence-corrected chi connectivity index (χ0v) is 11.7. The van der Waals surface area contributed by atoms with E-state index in [4.69, 9.17) is 11.6 Å². The van der Waals surface area contributed by atoms with E-state index in [1.807, 2.05) is 0 Å². The van der Waals surface area contributed by atoms with Gasteiger partial charge in [0, 0.05) is 11.8 Å². The molecule has 1 N–H and O–H groups in total. The molecular formula is C15H12ClFN2O2. The predicted molar refractivity (Wildman–Crippen MR) is 79.2 cm³/mol. The molecule has 1 atom stereocenters. The van der Waals surface area contributed by atoms with Crippen LogP contribution >= 0.6 is 11.6 Å². The highest BCUT2D eigenvalue weighted by Crippen LogP contribution is 2.35. The fourth-order valence-corrected chi connectivity index (χ4v) is 2.93. The van der Waals surface area contributed by atoms with E-state index in [0.717, 1.165) is 24.0 Å². The fourth-order valence-electron chi connectivity index (χ4n) is 2.68. The van der Waals surface area contributed by atoms with Crippen molar-refractivity contribution in [3.05, 3.63) is 68.5 Å². The number of hydrogen-bond donors (Lipinski definition) is 1. The lowest BCUT2D eigenvalue weighted by Crippen LogP contribution is -2.07. The smallest absolute Gasteiger partial charge is 0.288 e. The molecule has 1 unspecified atom stereocenters. The highest BCUT2D eigenvalue weighted by molar-refractivity contribution is 6.32. The summed E-state index contributed by atoms with van der Waals surface area (Å²) >= 11 is 5.90. The number of halogens is 2. The zero-order chi connectivity index (χ0) is 15.0. The molecule has 0 saturated heterocycles.